The minimum absolute atomic E-state index is 0.147. The van der Waals surface area contributed by atoms with E-state index in [1.165, 1.54) is 6.07 Å². The van der Waals surface area contributed by atoms with Crippen molar-refractivity contribution in [2.45, 2.75) is 12.6 Å². The first-order valence-corrected chi connectivity index (χ1v) is 8.46. The lowest BCUT2D eigenvalue weighted by Crippen LogP contribution is -2.38. The van der Waals surface area contributed by atoms with Gasteiger partial charge in [0.2, 0.25) is 5.91 Å². The molecule has 1 heterocycles. The first-order valence-electron chi connectivity index (χ1n) is 8.46. The van der Waals surface area contributed by atoms with E-state index in [9.17, 15) is 9.18 Å². The fourth-order valence-electron chi connectivity index (χ4n) is 3.20. The molecular formula is C21H22FN3O. The standard InChI is InChI=1S/C21H22FN3O/c1-24(2)20(18-9-4-5-10-19(18)22)21(26)25(3)14-16-8-6-7-15-13-23-12-11-17(15)16/h4-13,20H,14H2,1-3H3. The van der Waals surface area contributed by atoms with E-state index >= 15 is 0 Å². The molecule has 0 saturated heterocycles. The summed E-state index contributed by atoms with van der Waals surface area (Å²) < 4.78 is 14.3. The molecule has 0 radical (unpaired) electrons. The molecule has 0 aliphatic heterocycles. The number of hydrogen-bond acceptors (Lipinski definition) is 3. The monoisotopic (exact) mass is 351 g/mol. The highest BCUT2D eigenvalue weighted by Gasteiger charge is 2.28. The summed E-state index contributed by atoms with van der Waals surface area (Å²) in [6.07, 6.45) is 3.55. The molecule has 134 valence electrons. The summed E-state index contributed by atoms with van der Waals surface area (Å²) in [5, 5.41) is 2.10. The van der Waals surface area contributed by atoms with Crippen molar-refractivity contribution in [2.24, 2.45) is 0 Å². The van der Waals surface area contributed by atoms with Gasteiger partial charge in [-0.05, 0) is 37.2 Å². The second kappa shape index (κ2) is 7.62. The molecule has 0 spiro atoms. The van der Waals surface area contributed by atoms with Gasteiger partial charge in [-0.1, -0.05) is 36.4 Å². The number of benzene rings is 2. The van der Waals surface area contributed by atoms with Gasteiger partial charge in [0.1, 0.15) is 11.9 Å². The third-order valence-electron chi connectivity index (χ3n) is 4.50. The average molecular weight is 351 g/mol. The topological polar surface area (TPSA) is 36.4 Å². The predicted octanol–water partition coefficient (Wildman–Crippen LogP) is 3.64. The Morgan fingerprint density at radius 3 is 2.58 bits per heavy atom. The Morgan fingerprint density at radius 2 is 1.85 bits per heavy atom. The van der Waals surface area contributed by atoms with Crippen LogP contribution >= 0.6 is 0 Å². The lowest BCUT2D eigenvalue weighted by Gasteiger charge is -2.29. The summed E-state index contributed by atoms with van der Waals surface area (Å²) in [5.41, 5.74) is 1.42. The molecule has 0 aliphatic rings. The highest BCUT2D eigenvalue weighted by atomic mass is 19.1. The molecule has 0 fully saturated rings. The van der Waals surface area contributed by atoms with Crippen molar-refractivity contribution in [3.8, 4) is 0 Å². The minimum atomic E-state index is -0.669. The maximum absolute atomic E-state index is 14.3. The molecule has 3 aromatic rings. The van der Waals surface area contributed by atoms with E-state index in [0.717, 1.165) is 16.3 Å². The molecule has 1 amide bonds. The van der Waals surface area contributed by atoms with Crippen molar-refractivity contribution in [2.75, 3.05) is 21.1 Å². The molecule has 3 rings (SSSR count). The summed E-state index contributed by atoms with van der Waals surface area (Å²) in [7, 11) is 5.32. The van der Waals surface area contributed by atoms with Gasteiger partial charge in [-0.15, -0.1) is 0 Å². The fourth-order valence-corrected chi connectivity index (χ4v) is 3.20. The number of likely N-dealkylation sites (N-methyl/N-ethyl adjacent to an activating group) is 2. The normalized spacial score (nSPS) is 12.3. The average Bonchev–Trinajstić information content (AvgIpc) is 2.63. The number of amides is 1. The van der Waals surface area contributed by atoms with Crippen LogP contribution in [0.2, 0.25) is 0 Å². The van der Waals surface area contributed by atoms with Gasteiger partial charge >= 0.3 is 0 Å². The number of fused-ring (bicyclic) bond motifs is 1. The summed E-state index contributed by atoms with van der Waals surface area (Å²) in [4.78, 5) is 20.6. The van der Waals surface area contributed by atoms with Crippen LogP contribution in [0, 0.1) is 5.82 Å². The van der Waals surface area contributed by atoms with Gasteiger partial charge in [-0.3, -0.25) is 14.7 Å². The largest absolute Gasteiger partial charge is 0.340 e. The molecule has 1 aromatic heterocycles. The number of carbonyl (C=O) groups excluding carboxylic acids is 1. The van der Waals surface area contributed by atoms with Crippen LogP contribution in [0.5, 0.6) is 0 Å². The van der Waals surface area contributed by atoms with Gasteiger partial charge in [0, 0.05) is 36.9 Å². The highest BCUT2D eigenvalue weighted by molar-refractivity contribution is 5.86. The summed E-state index contributed by atoms with van der Waals surface area (Å²) in [6, 6.07) is 13.7. The Morgan fingerprint density at radius 1 is 1.08 bits per heavy atom. The molecule has 0 aliphatic carbocycles. The van der Waals surface area contributed by atoms with Gasteiger partial charge in [-0.25, -0.2) is 4.39 Å². The number of pyridine rings is 1. The zero-order valence-corrected chi connectivity index (χ0v) is 15.2. The van der Waals surface area contributed by atoms with E-state index in [1.807, 2.05) is 30.5 Å². The maximum atomic E-state index is 14.3. The van der Waals surface area contributed by atoms with Crippen LogP contribution in [-0.2, 0) is 11.3 Å². The van der Waals surface area contributed by atoms with Crippen LogP contribution in [0.1, 0.15) is 17.2 Å². The van der Waals surface area contributed by atoms with Gasteiger partial charge in [0.15, 0.2) is 0 Å². The van der Waals surface area contributed by atoms with E-state index in [-0.39, 0.29) is 11.7 Å². The minimum Gasteiger partial charge on any atom is -0.340 e. The molecule has 1 atom stereocenters. The van der Waals surface area contributed by atoms with Crippen LogP contribution < -0.4 is 0 Å². The number of halogens is 1. The van der Waals surface area contributed by atoms with Crippen LogP contribution in [0.4, 0.5) is 4.39 Å². The molecule has 1 unspecified atom stereocenters. The first-order chi connectivity index (χ1) is 12.5. The lowest BCUT2D eigenvalue weighted by molar-refractivity contribution is -0.135. The van der Waals surface area contributed by atoms with E-state index in [1.54, 1.807) is 55.3 Å². The van der Waals surface area contributed by atoms with E-state index in [2.05, 4.69) is 4.98 Å². The van der Waals surface area contributed by atoms with E-state index < -0.39 is 6.04 Å². The second-order valence-corrected chi connectivity index (χ2v) is 6.60. The van der Waals surface area contributed by atoms with Crippen molar-refractivity contribution in [3.05, 3.63) is 77.9 Å². The van der Waals surface area contributed by atoms with Gasteiger partial charge < -0.3 is 4.90 Å². The zero-order valence-electron chi connectivity index (χ0n) is 15.2. The second-order valence-electron chi connectivity index (χ2n) is 6.60. The van der Waals surface area contributed by atoms with Crippen molar-refractivity contribution in [1.29, 1.82) is 0 Å². The Kier molecular flexibility index (Phi) is 5.28. The molecule has 5 heteroatoms. The first kappa shape index (κ1) is 18.0. The Balaban J connectivity index is 1.89. The Bertz CT molecular complexity index is 921. The smallest absolute Gasteiger partial charge is 0.244 e. The van der Waals surface area contributed by atoms with Crippen molar-refractivity contribution in [1.82, 2.24) is 14.8 Å². The van der Waals surface area contributed by atoms with Crippen molar-refractivity contribution < 1.29 is 9.18 Å². The van der Waals surface area contributed by atoms with Gasteiger partial charge in [0.05, 0.1) is 0 Å². The fraction of sp³-hybridized carbons (Fsp3) is 0.238. The molecular weight excluding hydrogens is 329 g/mol. The molecule has 0 saturated carbocycles. The van der Waals surface area contributed by atoms with Crippen LogP contribution in [0.3, 0.4) is 0 Å². The SMILES string of the molecule is CN(Cc1cccc2cnccc12)C(=O)C(c1ccccc1F)N(C)C. The third kappa shape index (κ3) is 3.58. The quantitative estimate of drug-likeness (QED) is 0.704. The number of carbonyl (C=O) groups is 1. The summed E-state index contributed by atoms with van der Waals surface area (Å²) >= 11 is 0. The van der Waals surface area contributed by atoms with Crippen LogP contribution in [0.15, 0.2) is 60.9 Å². The highest BCUT2D eigenvalue weighted by Crippen LogP contribution is 2.25. The number of nitrogens with zero attached hydrogens (tertiary/aromatic N) is 3. The predicted molar refractivity (Wildman–Crippen MR) is 101 cm³/mol. The number of aromatic nitrogens is 1. The molecule has 0 bridgehead atoms. The van der Waals surface area contributed by atoms with Crippen LogP contribution in [0.25, 0.3) is 10.8 Å². The van der Waals surface area contributed by atoms with Crippen LogP contribution in [-0.4, -0.2) is 41.8 Å². The molecule has 4 nitrogen and oxygen atoms in total. The third-order valence-corrected chi connectivity index (χ3v) is 4.50. The summed E-state index contributed by atoms with van der Waals surface area (Å²) in [6.45, 7) is 0.443. The Labute approximate surface area is 152 Å². The van der Waals surface area contributed by atoms with Crippen molar-refractivity contribution >= 4 is 16.7 Å². The molecule has 2 aromatic carbocycles. The Hall–Kier alpha value is -2.79. The van der Waals surface area contributed by atoms with E-state index in [0.29, 0.717) is 12.1 Å². The maximum Gasteiger partial charge on any atom is 0.244 e. The number of rotatable bonds is 5. The van der Waals surface area contributed by atoms with E-state index in [4.69, 9.17) is 0 Å². The summed E-state index contributed by atoms with van der Waals surface area (Å²) in [5.74, 6) is -0.518. The molecule has 26 heavy (non-hydrogen) atoms. The van der Waals surface area contributed by atoms with Gasteiger partial charge in [-0.2, -0.15) is 0 Å². The zero-order chi connectivity index (χ0) is 18.7. The molecule has 0 N–H and O–H groups in total. The number of hydrogen-bond donors (Lipinski definition) is 0. The lowest BCUT2D eigenvalue weighted by atomic mass is 10.0. The van der Waals surface area contributed by atoms with Crippen molar-refractivity contribution in [3.63, 3.8) is 0 Å². The van der Waals surface area contributed by atoms with Gasteiger partial charge in [0.25, 0.3) is 0 Å².